The van der Waals surface area contributed by atoms with Gasteiger partial charge in [-0.25, -0.2) is 8.42 Å². The minimum Gasteiger partial charge on any atom is -0.481 e. The van der Waals surface area contributed by atoms with Crippen LogP contribution in [0, 0.1) is 5.41 Å². The van der Waals surface area contributed by atoms with Gasteiger partial charge in [-0.1, -0.05) is 11.6 Å². The van der Waals surface area contributed by atoms with E-state index in [0.29, 0.717) is 0 Å². The Kier molecular flexibility index (Phi) is 5.17. The number of alkyl halides is 3. The van der Waals surface area contributed by atoms with Gasteiger partial charge in [0.05, 0.1) is 16.8 Å². The number of carbonyl (C=O) groups excluding carboxylic acids is 1. The molecule has 26 heavy (non-hydrogen) atoms. The summed E-state index contributed by atoms with van der Waals surface area (Å²) < 4.78 is 64.1. The third-order valence-electron chi connectivity index (χ3n) is 4.01. The predicted octanol–water partition coefficient (Wildman–Crippen LogP) is 2.19. The molecule has 0 bridgehead atoms. The average molecular weight is 415 g/mol. The summed E-state index contributed by atoms with van der Waals surface area (Å²) in [4.78, 5) is 24.4. The first-order valence-corrected chi connectivity index (χ1v) is 9.40. The van der Waals surface area contributed by atoms with Crippen LogP contribution in [0.1, 0.15) is 16.8 Å². The molecule has 144 valence electrons. The zero-order chi connectivity index (χ0) is 19.9. The number of amides is 1. The zero-order valence-electron chi connectivity index (χ0n) is 13.3. The Morgan fingerprint density at radius 1 is 1.35 bits per heavy atom. The second-order valence-electron chi connectivity index (χ2n) is 5.93. The van der Waals surface area contributed by atoms with Gasteiger partial charge < -0.3 is 10.0 Å². The van der Waals surface area contributed by atoms with E-state index < -0.39 is 53.0 Å². The third-order valence-corrected chi connectivity index (χ3v) is 4.93. The highest BCUT2D eigenvalue weighted by molar-refractivity contribution is 7.92. The Bertz CT molecular complexity index is 859. The molecule has 1 aromatic carbocycles. The lowest BCUT2D eigenvalue weighted by atomic mass is 9.86. The molecule has 2 rings (SSSR count). The maximum absolute atomic E-state index is 13.2. The number of hydrogen-bond donors (Lipinski definition) is 2. The molecule has 0 aromatic heterocycles. The molecule has 1 unspecified atom stereocenters. The highest BCUT2D eigenvalue weighted by Gasteiger charge is 2.64. The van der Waals surface area contributed by atoms with Crippen LogP contribution in [0.3, 0.4) is 0 Å². The van der Waals surface area contributed by atoms with Crippen molar-refractivity contribution in [3.8, 4) is 0 Å². The number of halogens is 4. The van der Waals surface area contributed by atoms with Gasteiger partial charge in [-0.05, 0) is 24.6 Å². The first-order chi connectivity index (χ1) is 11.8. The fraction of sp³-hybridized carbons (Fsp3) is 0.429. The van der Waals surface area contributed by atoms with Crippen LogP contribution in [0.2, 0.25) is 5.02 Å². The van der Waals surface area contributed by atoms with Gasteiger partial charge in [0.2, 0.25) is 10.0 Å². The van der Waals surface area contributed by atoms with E-state index in [1.165, 1.54) is 6.07 Å². The SMILES string of the molecule is CS(=O)(=O)Nc1ccc(C(=O)N2CCC(C(=O)O)(C(F)(F)F)C2)c(Cl)c1. The molecule has 1 amide bonds. The van der Waals surface area contributed by atoms with Crippen molar-refractivity contribution in [3.63, 3.8) is 0 Å². The van der Waals surface area contributed by atoms with E-state index in [2.05, 4.69) is 4.72 Å². The lowest BCUT2D eigenvalue weighted by Gasteiger charge is -2.27. The molecule has 1 heterocycles. The van der Waals surface area contributed by atoms with Crippen LogP contribution in [0.4, 0.5) is 18.9 Å². The molecule has 1 aliphatic rings. The Morgan fingerprint density at radius 2 is 1.96 bits per heavy atom. The molecule has 2 N–H and O–H groups in total. The van der Waals surface area contributed by atoms with Crippen molar-refractivity contribution >= 4 is 39.2 Å². The summed E-state index contributed by atoms with van der Waals surface area (Å²) in [7, 11) is -3.58. The number of rotatable bonds is 4. The highest BCUT2D eigenvalue weighted by atomic mass is 35.5. The molecule has 12 heteroatoms. The number of likely N-dealkylation sites (tertiary alicyclic amines) is 1. The first kappa shape index (κ1) is 20.3. The number of aliphatic carboxylic acids is 1. The summed E-state index contributed by atoms with van der Waals surface area (Å²) in [5, 5.41) is 8.84. The van der Waals surface area contributed by atoms with E-state index in [4.69, 9.17) is 16.7 Å². The van der Waals surface area contributed by atoms with E-state index >= 15 is 0 Å². The van der Waals surface area contributed by atoms with Gasteiger partial charge in [-0.3, -0.25) is 14.3 Å². The van der Waals surface area contributed by atoms with Gasteiger partial charge in [-0.15, -0.1) is 0 Å². The summed E-state index contributed by atoms with van der Waals surface area (Å²) in [6.45, 7) is -1.42. The quantitative estimate of drug-likeness (QED) is 0.786. The van der Waals surface area contributed by atoms with Crippen LogP contribution in [-0.4, -0.2) is 55.8 Å². The van der Waals surface area contributed by atoms with Crippen LogP contribution < -0.4 is 4.72 Å². The van der Waals surface area contributed by atoms with Gasteiger partial charge in [0.15, 0.2) is 5.41 Å². The van der Waals surface area contributed by atoms with Crippen LogP contribution >= 0.6 is 11.6 Å². The molecule has 1 aliphatic heterocycles. The molecule has 0 aliphatic carbocycles. The normalized spacial score (nSPS) is 20.9. The van der Waals surface area contributed by atoms with Crippen molar-refractivity contribution in [1.29, 1.82) is 0 Å². The van der Waals surface area contributed by atoms with Crippen molar-refractivity contribution in [2.24, 2.45) is 5.41 Å². The zero-order valence-corrected chi connectivity index (χ0v) is 14.9. The highest BCUT2D eigenvalue weighted by Crippen LogP contribution is 2.46. The number of carboxylic acid groups (broad SMARTS) is 1. The second kappa shape index (κ2) is 6.62. The lowest BCUT2D eigenvalue weighted by molar-refractivity contribution is -0.227. The van der Waals surface area contributed by atoms with E-state index in [1.54, 1.807) is 0 Å². The van der Waals surface area contributed by atoms with Gasteiger partial charge in [0, 0.05) is 18.8 Å². The molecule has 1 aromatic rings. The summed E-state index contributed by atoms with van der Waals surface area (Å²) >= 11 is 5.93. The number of hydrogen-bond acceptors (Lipinski definition) is 4. The summed E-state index contributed by atoms with van der Waals surface area (Å²) in [6, 6.07) is 3.52. The maximum atomic E-state index is 13.2. The molecule has 0 radical (unpaired) electrons. The van der Waals surface area contributed by atoms with E-state index in [9.17, 15) is 31.2 Å². The lowest BCUT2D eigenvalue weighted by Crippen LogP contribution is -2.47. The maximum Gasteiger partial charge on any atom is 0.406 e. The van der Waals surface area contributed by atoms with Gasteiger partial charge >= 0.3 is 12.1 Å². The summed E-state index contributed by atoms with van der Waals surface area (Å²) in [5.41, 5.74) is -3.10. The minimum atomic E-state index is -5.01. The average Bonchev–Trinajstić information content (AvgIpc) is 2.91. The third kappa shape index (κ3) is 3.88. The van der Waals surface area contributed by atoms with Crippen LogP contribution in [0.5, 0.6) is 0 Å². The minimum absolute atomic E-state index is 0.0747. The molecular formula is C14H14ClF3N2O5S. The number of nitrogens with zero attached hydrogens (tertiary/aromatic N) is 1. The first-order valence-electron chi connectivity index (χ1n) is 7.13. The van der Waals surface area contributed by atoms with Crippen molar-refractivity contribution in [2.75, 3.05) is 24.1 Å². The molecule has 1 fully saturated rings. The number of sulfonamides is 1. The molecule has 0 spiro atoms. The van der Waals surface area contributed by atoms with E-state index in [-0.39, 0.29) is 16.3 Å². The Balaban J connectivity index is 2.27. The van der Waals surface area contributed by atoms with Crippen molar-refractivity contribution in [2.45, 2.75) is 12.6 Å². The predicted molar refractivity (Wildman–Crippen MR) is 86.6 cm³/mol. The fourth-order valence-corrected chi connectivity index (χ4v) is 3.46. The van der Waals surface area contributed by atoms with Crippen LogP contribution in [-0.2, 0) is 14.8 Å². The monoisotopic (exact) mass is 414 g/mol. The Morgan fingerprint density at radius 3 is 2.38 bits per heavy atom. The molecule has 7 nitrogen and oxygen atoms in total. The van der Waals surface area contributed by atoms with E-state index in [1.807, 2.05) is 0 Å². The number of benzene rings is 1. The Hall–Kier alpha value is -2.01. The largest absolute Gasteiger partial charge is 0.481 e. The molecular weight excluding hydrogens is 401 g/mol. The number of anilines is 1. The van der Waals surface area contributed by atoms with Crippen molar-refractivity contribution in [3.05, 3.63) is 28.8 Å². The topological polar surface area (TPSA) is 104 Å². The number of carboxylic acids is 1. The van der Waals surface area contributed by atoms with Crippen LogP contribution in [0.25, 0.3) is 0 Å². The number of nitrogens with one attached hydrogen (secondary N) is 1. The van der Waals surface area contributed by atoms with Gasteiger partial charge in [0.1, 0.15) is 0 Å². The standard InChI is InChI=1S/C14H14ClF3N2O5S/c1-26(24,25)19-8-2-3-9(10(15)6-8)11(21)20-5-4-13(7-20,12(22)23)14(16,17)18/h2-3,6,19H,4-5,7H2,1H3,(H,22,23). The molecule has 0 saturated carbocycles. The summed E-state index contributed by atoms with van der Waals surface area (Å²) in [5.74, 6) is -2.91. The smallest absolute Gasteiger partial charge is 0.406 e. The molecule has 1 atom stereocenters. The van der Waals surface area contributed by atoms with Crippen molar-refractivity contribution < 1.29 is 36.3 Å². The van der Waals surface area contributed by atoms with Crippen molar-refractivity contribution in [1.82, 2.24) is 4.90 Å². The summed E-state index contributed by atoms with van der Waals surface area (Å²) in [6.07, 6.45) is -4.86. The van der Waals surface area contributed by atoms with E-state index in [0.717, 1.165) is 23.3 Å². The second-order valence-corrected chi connectivity index (χ2v) is 8.09. The van der Waals surface area contributed by atoms with Gasteiger partial charge in [0.25, 0.3) is 5.91 Å². The van der Waals surface area contributed by atoms with Gasteiger partial charge in [-0.2, -0.15) is 13.2 Å². The molecule has 1 saturated heterocycles. The fourth-order valence-electron chi connectivity index (χ4n) is 2.65. The number of carbonyl (C=O) groups is 2. The van der Waals surface area contributed by atoms with Crippen LogP contribution in [0.15, 0.2) is 18.2 Å². The Labute approximate surface area is 151 Å².